The van der Waals surface area contributed by atoms with E-state index in [1.54, 1.807) is 38.7 Å². The van der Waals surface area contributed by atoms with E-state index in [-0.39, 0.29) is 36.5 Å². The molecule has 3 amide bonds. The van der Waals surface area contributed by atoms with Gasteiger partial charge in [0.1, 0.15) is 11.4 Å². The third-order valence-electron chi connectivity index (χ3n) is 4.05. The molecule has 0 spiro atoms. The molecule has 150 valence electrons. The van der Waals surface area contributed by atoms with Crippen molar-refractivity contribution in [1.82, 2.24) is 20.7 Å². The molecule has 1 aromatic rings. The fourth-order valence-electron chi connectivity index (χ4n) is 2.75. The predicted octanol–water partition coefficient (Wildman–Crippen LogP) is 1.62. The van der Waals surface area contributed by atoms with Gasteiger partial charge in [0.15, 0.2) is 5.69 Å². The number of nitrogens with zero attached hydrogens (tertiary/aromatic N) is 2. The summed E-state index contributed by atoms with van der Waals surface area (Å²) in [7, 11) is 0. The monoisotopic (exact) mass is 380 g/mol. The minimum Gasteiger partial charge on any atom is -0.444 e. The van der Waals surface area contributed by atoms with Crippen LogP contribution >= 0.6 is 0 Å². The molecule has 0 aliphatic carbocycles. The molecule has 0 unspecified atom stereocenters. The second-order valence-corrected chi connectivity index (χ2v) is 7.63. The van der Waals surface area contributed by atoms with Crippen molar-refractivity contribution in [3.05, 3.63) is 17.5 Å². The minimum absolute atomic E-state index is 0.00144. The van der Waals surface area contributed by atoms with Gasteiger partial charge in [0.25, 0.3) is 5.91 Å². The Morgan fingerprint density at radius 2 is 1.96 bits per heavy atom. The van der Waals surface area contributed by atoms with E-state index in [1.165, 1.54) is 0 Å². The number of aryl methyl sites for hydroxylation is 1. The molecule has 2 N–H and O–H groups in total. The van der Waals surface area contributed by atoms with Crippen molar-refractivity contribution < 1.29 is 23.6 Å². The minimum atomic E-state index is -0.564. The smallest absolute Gasteiger partial charge is 0.407 e. The summed E-state index contributed by atoms with van der Waals surface area (Å²) in [5.41, 5.74) is -0.301. The first-order valence-corrected chi connectivity index (χ1v) is 9.13. The van der Waals surface area contributed by atoms with E-state index in [2.05, 4.69) is 15.8 Å². The van der Waals surface area contributed by atoms with Gasteiger partial charge in [0.05, 0.1) is 0 Å². The quantitative estimate of drug-likeness (QED) is 0.802. The van der Waals surface area contributed by atoms with Crippen LogP contribution in [0.3, 0.4) is 0 Å². The van der Waals surface area contributed by atoms with Crippen LogP contribution in [0.2, 0.25) is 0 Å². The van der Waals surface area contributed by atoms with Crippen molar-refractivity contribution in [2.75, 3.05) is 19.6 Å². The third kappa shape index (κ3) is 6.92. The number of likely N-dealkylation sites (tertiary alicyclic amines) is 1. The second kappa shape index (κ2) is 8.88. The highest BCUT2D eigenvalue weighted by Gasteiger charge is 2.25. The van der Waals surface area contributed by atoms with Gasteiger partial charge in [-0.3, -0.25) is 9.59 Å². The number of amides is 3. The molecular weight excluding hydrogens is 352 g/mol. The average Bonchev–Trinajstić information content (AvgIpc) is 3.00. The molecule has 0 bridgehead atoms. The number of alkyl carbamates (subject to hydrolysis) is 1. The Bertz CT molecular complexity index is 672. The number of carbonyl (C=O) groups is 3. The van der Waals surface area contributed by atoms with Gasteiger partial charge in [-0.15, -0.1) is 0 Å². The number of hydrogen-bond donors (Lipinski definition) is 2. The van der Waals surface area contributed by atoms with Gasteiger partial charge >= 0.3 is 6.09 Å². The Kier molecular flexibility index (Phi) is 6.81. The highest BCUT2D eigenvalue weighted by Crippen LogP contribution is 2.13. The first kappa shape index (κ1) is 20.7. The first-order valence-electron chi connectivity index (χ1n) is 9.13. The Labute approximate surface area is 158 Å². The molecule has 1 saturated heterocycles. The SMILES string of the molecule is Cc1cc(C(=O)NC2CCN(C(=O)CCNC(=O)OC(C)(C)C)CC2)no1. The molecule has 1 aromatic heterocycles. The van der Waals surface area contributed by atoms with Crippen molar-refractivity contribution in [2.24, 2.45) is 0 Å². The van der Waals surface area contributed by atoms with Gasteiger partial charge in [-0.2, -0.15) is 0 Å². The van der Waals surface area contributed by atoms with Crippen molar-refractivity contribution >= 4 is 17.9 Å². The Balaban J connectivity index is 1.66. The average molecular weight is 380 g/mol. The Morgan fingerprint density at radius 3 is 2.52 bits per heavy atom. The van der Waals surface area contributed by atoms with E-state index in [1.807, 2.05) is 0 Å². The van der Waals surface area contributed by atoms with Crippen molar-refractivity contribution in [3.63, 3.8) is 0 Å². The van der Waals surface area contributed by atoms with Crippen molar-refractivity contribution in [1.29, 1.82) is 0 Å². The van der Waals surface area contributed by atoms with E-state index in [0.717, 1.165) is 0 Å². The lowest BCUT2D eigenvalue weighted by atomic mass is 10.0. The zero-order valence-electron chi connectivity index (χ0n) is 16.3. The molecule has 1 aliphatic rings. The standard InChI is InChI=1S/C18H28N4O5/c1-12-11-14(21-27-12)16(24)20-13-6-9-22(10-7-13)15(23)5-8-19-17(25)26-18(2,3)4/h11,13H,5-10H2,1-4H3,(H,19,25)(H,20,24). The van der Waals surface area contributed by atoms with Gasteiger partial charge in [0.2, 0.25) is 5.91 Å². The number of piperidine rings is 1. The van der Waals surface area contributed by atoms with Gasteiger partial charge in [-0.05, 0) is 40.5 Å². The topological polar surface area (TPSA) is 114 Å². The molecule has 0 radical (unpaired) electrons. The summed E-state index contributed by atoms with van der Waals surface area (Å²) in [6.07, 6.45) is 1.04. The van der Waals surface area contributed by atoms with Crippen LogP contribution in [-0.4, -0.2) is 59.2 Å². The molecular formula is C18H28N4O5. The highest BCUT2D eigenvalue weighted by atomic mass is 16.6. The number of nitrogens with one attached hydrogen (secondary N) is 2. The van der Waals surface area contributed by atoms with Crippen LogP contribution in [0, 0.1) is 6.92 Å². The van der Waals surface area contributed by atoms with Crippen LogP contribution in [0.5, 0.6) is 0 Å². The van der Waals surface area contributed by atoms with Crippen molar-refractivity contribution in [3.8, 4) is 0 Å². The number of ether oxygens (including phenoxy) is 1. The molecule has 27 heavy (non-hydrogen) atoms. The fourth-order valence-corrected chi connectivity index (χ4v) is 2.75. The summed E-state index contributed by atoms with van der Waals surface area (Å²) in [5, 5.41) is 9.20. The van der Waals surface area contributed by atoms with E-state index >= 15 is 0 Å². The summed E-state index contributed by atoms with van der Waals surface area (Å²) >= 11 is 0. The van der Waals surface area contributed by atoms with Gasteiger partial charge < -0.3 is 24.8 Å². The lowest BCUT2D eigenvalue weighted by Crippen LogP contribution is -2.47. The number of hydrogen-bond acceptors (Lipinski definition) is 6. The largest absolute Gasteiger partial charge is 0.444 e. The Morgan fingerprint density at radius 1 is 1.30 bits per heavy atom. The van der Waals surface area contributed by atoms with E-state index in [0.29, 0.717) is 31.7 Å². The number of carbonyl (C=O) groups excluding carboxylic acids is 3. The molecule has 1 aliphatic heterocycles. The zero-order valence-corrected chi connectivity index (χ0v) is 16.3. The maximum absolute atomic E-state index is 12.2. The summed E-state index contributed by atoms with van der Waals surface area (Å²) in [4.78, 5) is 37.6. The molecule has 0 atom stereocenters. The Hall–Kier alpha value is -2.58. The van der Waals surface area contributed by atoms with Crippen LogP contribution in [0.25, 0.3) is 0 Å². The normalized spacial score (nSPS) is 15.3. The highest BCUT2D eigenvalue weighted by molar-refractivity contribution is 5.92. The molecule has 0 saturated carbocycles. The van der Waals surface area contributed by atoms with E-state index in [4.69, 9.17) is 9.26 Å². The van der Waals surface area contributed by atoms with Crippen LogP contribution in [-0.2, 0) is 9.53 Å². The summed E-state index contributed by atoms with van der Waals surface area (Å²) in [5.74, 6) is 0.293. The van der Waals surface area contributed by atoms with E-state index < -0.39 is 11.7 Å². The fraction of sp³-hybridized carbons (Fsp3) is 0.667. The van der Waals surface area contributed by atoms with Crippen molar-refractivity contribution in [2.45, 2.75) is 58.6 Å². The summed E-state index contributed by atoms with van der Waals surface area (Å²) < 4.78 is 10.0. The van der Waals surface area contributed by atoms with Crippen LogP contribution in [0.15, 0.2) is 10.6 Å². The zero-order chi connectivity index (χ0) is 20.0. The lowest BCUT2D eigenvalue weighted by Gasteiger charge is -2.32. The summed E-state index contributed by atoms with van der Waals surface area (Å²) in [6.45, 7) is 8.43. The third-order valence-corrected chi connectivity index (χ3v) is 4.05. The molecule has 2 heterocycles. The summed E-state index contributed by atoms with van der Waals surface area (Å²) in [6, 6.07) is 1.59. The van der Waals surface area contributed by atoms with Crippen LogP contribution in [0.4, 0.5) is 4.79 Å². The maximum Gasteiger partial charge on any atom is 0.407 e. The first-order chi connectivity index (χ1) is 12.6. The molecule has 2 rings (SSSR count). The molecule has 9 nitrogen and oxygen atoms in total. The van der Waals surface area contributed by atoms with Gasteiger partial charge in [-0.25, -0.2) is 4.79 Å². The van der Waals surface area contributed by atoms with E-state index in [9.17, 15) is 14.4 Å². The second-order valence-electron chi connectivity index (χ2n) is 7.63. The lowest BCUT2D eigenvalue weighted by molar-refractivity contribution is -0.132. The number of rotatable bonds is 5. The van der Waals surface area contributed by atoms with Crippen LogP contribution in [0.1, 0.15) is 56.3 Å². The van der Waals surface area contributed by atoms with Gasteiger partial charge in [-0.1, -0.05) is 5.16 Å². The maximum atomic E-state index is 12.2. The molecule has 0 aromatic carbocycles. The molecule has 1 fully saturated rings. The van der Waals surface area contributed by atoms with Crippen LogP contribution < -0.4 is 10.6 Å². The predicted molar refractivity (Wildman–Crippen MR) is 97.2 cm³/mol. The number of aromatic nitrogens is 1. The van der Waals surface area contributed by atoms with Gasteiger partial charge in [0, 0.05) is 38.2 Å². The molecule has 9 heteroatoms.